The first-order chi connectivity index (χ1) is 1.73. The number of nitrogens with zero attached hydrogens (tertiary/aromatic N) is 1. The zero-order valence-electron chi connectivity index (χ0n) is 5.53. The molecule has 0 saturated carbocycles. The van der Waals surface area contributed by atoms with Crippen molar-refractivity contribution in [2.45, 2.75) is 0 Å². The molecule has 0 aliphatic carbocycles. The van der Waals surface area contributed by atoms with E-state index in [2.05, 4.69) is 0 Å². The van der Waals surface area contributed by atoms with Crippen LogP contribution in [0.2, 0.25) is 0 Å². The van der Waals surface area contributed by atoms with Gasteiger partial charge in [-0.1, -0.05) is 0 Å². The summed E-state index contributed by atoms with van der Waals surface area (Å²) in [5.41, 5.74) is 0. The summed E-state index contributed by atoms with van der Waals surface area (Å²) in [6.45, 7) is 0. The maximum absolute atomic E-state index is 8.36. The van der Waals surface area contributed by atoms with E-state index in [0.717, 1.165) is 0 Å². The van der Waals surface area contributed by atoms with E-state index in [4.69, 9.17) is 15.3 Å². The normalized spacial score (nSPS) is 3.43. The van der Waals surface area contributed by atoms with E-state index in [1.807, 2.05) is 0 Å². The van der Waals surface area contributed by atoms with Crippen molar-refractivity contribution >= 4 is 73.2 Å². The third kappa shape index (κ3) is 99.5. The molecule has 0 aliphatic heterocycles. The fraction of sp³-hybridized carbons (Fsp3) is 0. The SMILES string of the molecule is Cl.O=[N+]([O-])O.[Ca+2].[H-].[H-].[Mg+2]. The number of rotatable bonds is 0. The molecule has 0 unspecified atom stereocenters. The molecule has 0 aromatic rings. The number of hydrogen-bond donors (Lipinski definition) is 1. The Morgan fingerprint density at radius 3 is 1.71 bits per heavy atom. The molecule has 0 rings (SSSR count). The van der Waals surface area contributed by atoms with Crippen molar-refractivity contribution in [1.29, 1.82) is 0 Å². The fourth-order valence-corrected chi connectivity index (χ4v) is 0. The predicted molar refractivity (Wildman–Crippen MR) is 29.8 cm³/mol. The zero-order valence-corrected chi connectivity index (χ0v) is 7.97. The van der Waals surface area contributed by atoms with Gasteiger partial charge in [0.25, 0.3) is 5.09 Å². The minimum atomic E-state index is -1.50. The van der Waals surface area contributed by atoms with Crippen LogP contribution >= 0.6 is 12.4 Å². The Morgan fingerprint density at radius 1 is 1.71 bits per heavy atom. The van der Waals surface area contributed by atoms with Gasteiger partial charge in [-0.15, -0.1) is 22.5 Å². The van der Waals surface area contributed by atoms with Crippen LogP contribution in [0.5, 0.6) is 0 Å². The standard InChI is InChI=1S/Ca.ClH.Mg.HNO3.2H/c;;;2-1(3)4;;/h;1H;;(H,2,3,4);;/q+2;;+2;;2*-1. The van der Waals surface area contributed by atoms with Gasteiger partial charge >= 0.3 is 60.8 Å². The van der Waals surface area contributed by atoms with Gasteiger partial charge in [-0.3, -0.25) is 0 Å². The van der Waals surface area contributed by atoms with Crippen molar-refractivity contribution in [1.82, 2.24) is 0 Å². The average Bonchev–Trinajstić information content (AvgIpc) is 0.811. The van der Waals surface area contributed by atoms with E-state index >= 15 is 0 Å². The second kappa shape index (κ2) is 15.6. The summed E-state index contributed by atoms with van der Waals surface area (Å²) < 4.78 is 0. The molecule has 0 aromatic carbocycles. The molecule has 0 spiro atoms. The van der Waals surface area contributed by atoms with Gasteiger partial charge in [0.15, 0.2) is 0 Å². The van der Waals surface area contributed by atoms with Gasteiger partial charge in [0.1, 0.15) is 0 Å². The van der Waals surface area contributed by atoms with E-state index in [9.17, 15) is 0 Å². The fourth-order valence-electron chi connectivity index (χ4n) is 0. The third-order valence-electron chi connectivity index (χ3n) is 0. The Balaban J connectivity index is -0.00000000450. The molecule has 0 aliphatic rings. The molecule has 7 heavy (non-hydrogen) atoms. The van der Waals surface area contributed by atoms with E-state index in [1.54, 1.807) is 0 Å². The molecule has 0 aromatic heterocycles. The smallest absolute Gasteiger partial charge is 1.00 e. The molecule has 4 nitrogen and oxygen atoms in total. The van der Waals surface area contributed by atoms with Gasteiger partial charge in [0.05, 0.1) is 0 Å². The summed E-state index contributed by atoms with van der Waals surface area (Å²) >= 11 is 0. The zero-order chi connectivity index (χ0) is 3.58. The van der Waals surface area contributed by atoms with Crippen molar-refractivity contribution in [2.75, 3.05) is 0 Å². The van der Waals surface area contributed by atoms with E-state index in [-0.39, 0.29) is 76.1 Å². The second-order valence-electron chi connectivity index (χ2n) is 0.238. The Bertz CT molecular complexity index is 44.8. The molecule has 1 N–H and O–H groups in total. The minimum Gasteiger partial charge on any atom is -1.00 e. The second-order valence-corrected chi connectivity index (χ2v) is 0.238. The van der Waals surface area contributed by atoms with Gasteiger partial charge in [0.2, 0.25) is 0 Å². The first-order valence-electron chi connectivity index (χ1n) is 0.565. The van der Waals surface area contributed by atoms with Crippen LogP contribution < -0.4 is 0 Å². The van der Waals surface area contributed by atoms with Crippen molar-refractivity contribution in [3.8, 4) is 0 Å². The third-order valence-corrected chi connectivity index (χ3v) is 0. The Morgan fingerprint density at radius 2 is 1.71 bits per heavy atom. The monoisotopic (exact) mass is 165 g/mol. The van der Waals surface area contributed by atoms with Gasteiger partial charge < -0.3 is 8.06 Å². The minimum absolute atomic E-state index is 0. The summed E-state index contributed by atoms with van der Waals surface area (Å²) in [5.74, 6) is 0. The molecule has 7 heteroatoms. The van der Waals surface area contributed by atoms with E-state index < -0.39 is 5.09 Å². The maximum Gasteiger partial charge on any atom is 2.00 e. The van der Waals surface area contributed by atoms with Gasteiger partial charge in [0, 0.05) is 0 Å². The quantitative estimate of drug-likeness (QED) is 0.300. The van der Waals surface area contributed by atoms with Crippen LogP contribution in [0.15, 0.2) is 0 Å². The topological polar surface area (TPSA) is 63.4 Å². The van der Waals surface area contributed by atoms with Crippen molar-refractivity contribution in [3.05, 3.63) is 10.1 Å². The van der Waals surface area contributed by atoms with Crippen LogP contribution in [0, 0.1) is 10.1 Å². The summed E-state index contributed by atoms with van der Waals surface area (Å²) in [7, 11) is 0. The average molecular weight is 166 g/mol. The molecular formula is H4CaClMgNO3+2. The summed E-state index contributed by atoms with van der Waals surface area (Å²) in [4.78, 5) is 8.36. The van der Waals surface area contributed by atoms with Crippen LogP contribution in [0.3, 0.4) is 0 Å². The Hall–Kier alpha value is 1.52. The maximum atomic E-state index is 8.36. The van der Waals surface area contributed by atoms with Crippen LogP contribution in [-0.2, 0) is 0 Å². The molecule has 0 saturated heterocycles. The predicted octanol–water partition coefficient (Wildman–Crippen LogP) is -0.463. The number of halogens is 1. The van der Waals surface area contributed by atoms with Crippen LogP contribution in [0.1, 0.15) is 2.85 Å². The molecule has 0 radical (unpaired) electrons. The Labute approximate surface area is 95.3 Å². The van der Waals surface area contributed by atoms with E-state index in [0.29, 0.717) is 0 Å². The summed E-state index contributed by atoms with van der Waals surface area (Å²) in [5, 5.41) is 13.6. The summed E-state index contributed by atoms with van der Waals surface area (Å²) in [6, 6.07) is 0. The first kappa shape index (κ1) is 23.6. The summed E-state index contributed by atoms with van der Waals surface area (Å²) in [6.07, 6.45) is 0. The molecule has 0 bridgehead atoms. The molecule has 36 valence electrons. The van der Waals surface area contributed by atoms with Gasteiger partial charge in [-0.2, -0.15) is 0 Å². The Kier molecular flexibility index (Phi) is 52.7. The van der Waals surface area contributed by atoms with Crippen LogP contribution in [0.25, 0.3) is 0 Å². The van der Waals surface area contributed by atoms with E-state index in [1.165, 1.54) is 0 Å². The molecule has 0 atom stereocenters. The van der Waals surface area contributed by atoms with Gasteiger partial charge in [-0.25, -0.2) is 0 Å². The van der Waals surface area contributed by atoms with Crippen LogP contribution in [-0.4, -0.2) is 71.1 Å². The van der Waals surface area contributed by atoms with Crippen molar-refractivity contribution in [2.24, 2.45) is 0 Å². The molecule has 0 fully saturated rings. The van der Waals surface area contributed by atoms with Crippen molar-refractivity contribution in [3.63, 3.8) is 0 Å². The molecule has 0 heterocycles. The largest absolute Gasteiger partial charge is 2.00 e. The van der Waals surface area contributed by atoms with Crippen molar-refractivity contribution < 1.29 is 13.1 Å². The molecular weight excluding hydrogens is 162 g/mol. The first-order valence-corrected chi connectivity index (χ1v) is 0.565. The molecule has 0 amide bonds. The number of hydrogen-bond acceptors (Lipinski definition) is 2. The van der Waals surface area contributed by atoms with Crippen LogP contribution in [0.4, 0.5) is 0 Å². The van der Waals surface area contributed by atoms with Gasteiger partial charge in [-0.05, 0) is 0 Å².